The lowest BCUT2D eigenvalue weighted by molar-refractivity contribution is 0.220. The zero-order valence-corrected chi connectivity index (χ0v) is 15.1. The summed E-state index contributed by atoms with van der Waals surface area (Å²) >= 11 is 0. The normalized spacial score (nSPS) is 18.6. The molecule has 2 aromatic rings. The van der Waals surface area contributed by atoms with Gasteiger partial charge in [-0.25, -0.2) is 4.68 Å². The largest absolute Gasteiger partial charge is 0.369 e. The Labute approximate surface area is 144 Å². The minimum Gasteiger partial charge on any atom is -0.369 e. The van der Waals surface area contributed by atoms with Crippen LogP contribution in [0.5, 0.6) is 0 Å². The Balaban J connectivity index is 1.72. The third-order valence-corrected chi connectivity index (χ3v) is 5.91. The Hall–Kier alpha value is -1.81. The summed E-state index contributed by atoms with van der Waals surface area (Å²) < 4.78 is 2.17. The number of aryl methyl sites for hydroxylation is 1. The molecule has 4 heteroatoms. The first-order chi connectivity index (χ1) is 11.7. The number of nitrogens with one attached hydrogen (secondary N) is 1. The Morgan fingerprint density at radius 3 is 2.75 bits per heavy atom. The number of likely N-dealkylation sites (tertiary alicyclic amines) is 1. The van der Waals surface area contributed by atoms with Gasteiger partial charge in [0.1, 0.15) is 5.82 Å². The number of aromatic nitrogens is 2. The lowest BCUT2D eigenvalue weighted by Gasteiger charge is -2.30. The topological polar surface area (TPSA) is 33.1 Å². The zero-order chi connectivity index (χ0) is 16.7. The van der Waals surface area contributed by atoms with Crippen molar-refractivity contribution in [2.75, 3.05) is 31.5 Å². The van der Waals surface area contributed by atoms with Crippen LogP contribution >= 0.6 is 0 Å². The van der Waals surface area contributed by atoms with E-state index >= 15 is 0 Å². The minimum atomic E-state index is 0.618. The number of rotatable bonds is 3. The second-order valence-electron chi connectivity index (χ2n) is 7.23. The molecule has 1 saturated heterocycles. The van der Waals surface area contributed by atoms with Gasteiger partial charge in [0.2, 0.25) is 0 Å². The van der Waals surface area contributed by atoms with Gasteiger partial charge in [0, 0.05) is 18.0 Å². The Morgan fingerprint density at radius 1 is 1.21 bits per heavy atom. The molecule has 2 aliphatic heterocycles. The standard InChI is InChI=1S/C20H28N4/c1-4-23-12-9-16(10-13-23)19-17-8-11-21-20(17)24(22-19)18-7-5-6-14(2)15(18)3/h5-7,16,21H,4,8-13H2,1-3H3. The van der Waals surface area contributed by atoms with Gasteiger partial charge in [-0.2, -0.15) is 5.10 Å². The number of benzene rings is 1. The van der Waals surface area contributed by atoms with Crippen molar-refractivity contribution in [1.82, 2.24) is 14.7 Å². The van der Waals surface area contributed by atoms with Crippen molar-refractivity contribution in [2.24, 2.45) is 0 Å². The van der Waals surface area contributed by atoms with Gasteiger partial charge in [0.25, 0.3) is 0 Å². The Bertz CT molecular complexity index is 738. The van der Waals surface area contributed by atoms with Crippen molar-refractivity contribution < 1.29 is 0 Å². The van der Waals surface area contributed by atoms with Crippen LogP contribution in [-0.4, -0.2) is 40.9 Å². The third-order valence-electron chi connectivity index (χ3n) is 5.91. The van der Waals surface area contributed by atoms with E-state index in [0.717, 1.165) is 13.0 Å². The quantitative estimate of drug-likeness (QED) is 0.935. The predicted octanol–water partition coefficient (Wildman–Crippen LogP) is 3.66. The van der Waals surface area contributed by atoms with Crippen molar-refractivity contribution >= 4 is 5.82 Å². The van der Waals surface area contributed by atoms with Gasteiger partial charge in [-0.3, -0.25) is 0 Å². The number of hydrogen-bond acceptors (Lipinski definition) is 3. The van der Waals surface area contributed by atoms with Crippen molar-refractivity contribution in [3.05, 3.63) is 40.6 Å². The molecule has 1 aromatic heterocycles. The number of nitrogens with zero attached hydrogens (tertiary/aromatic N) is 3. The van der Waals surface area contributed by atoms with E-state index in [0.29, 0.717) is 5.92 Å². The molecule has 4 rings (SSSR count). The molecule has 128 valence electrons. The maximum Gasteiger partial charge on any atom is 0.133 e. The van der Waals surface area contributed by atoms with Crippen LogP contribution in [0.25, 0.3) is 5.69 Å². The molecule has 4 nitrogen and oxygen atoms in total. The molecule has 0 spiro atoms. The number of fused-ring (bicyclic) bond motifs is 1. The smallest absolute Gasteiger partial charge is 0.133 e. The highest BCUT2D eigenvalue weighted by Crippen LogP contribution is 2.37. The SMILES string of the molecule is CCN1CCC(c2nn(-c3cccc(C)c3C)c3c2CCN3)CC1. The molecule has 0 unspecified atom stereocenters. The van der Waals surface area contributed by atoms with E-state index in [1.54, 1.807) is 0 Å². The van der Waals surface area contributed by atoms with Crippen LogP contribution in [0.15, 0.2) is 18.2 Å². The fourth-order valence-electron chi connectivity index (χ4n) is 4.19. The van der Waals surface area contributed by atoms with Crippen molar-refractivity contribution in [3.8, 4) is 5.69 Å². The average Bonchev–Trinajstić information content (AvgIpc) is 3.20. The number of hydrogen-bond donors (Lipinski definition) is 1. The highest BCUT2D eigenvalue weighted by Gasteiger charge is 2.30. The van der Waals surface area contributed by atoms with Gasteiger partial charge >= 0.3 is 0 Å². The molecule has 1 N–H and O–H groups in total. The van der Waals surface area contributed by atoms with E-state index in [9.17, 15) is 0 Å². The highest BCUT2D eigenvalue weighted by atomic mass is 15.3. The second kappa shape index (κ2) is 6.25. The van der Waals surface area contributed by atoms with Crippen molar-refractivity contribution in [3.63, 3.8) is 0 Å². The average molecular weight is 324 g/mol. The molecular weight excluding hydrogens is 296 g/mol. The van der Waals surface area contributed by atoms with E-state index in [4.69, 9.17) is 5.10 Å². The van der Waals surface area contributed by atoms with Gasteiger partial charge in [-0.1, -0.05) is 19.1 Å². The van der Waals surface area contributed by atoms with Crippen molar-refractivity contribution in [1.29, 1.82) is 0 Å². The van der Waals surface area contributed by atoms with Gasteiger partial charge in [0.15, 0.2) is 0 Å². The fraction of sp³-hybridized carbons (Fsp3) is 0.550. The van der Waals surface area contributed by atoms with Crippen LogP contribution in [0.3, 0.4) is 0 Å². The van der Waals surface area contributed by atoms with E-state index in [1.165, 1.54) is 66.4 Å². The Kier molecular flexibility index (Phi) is 4.09. The predicted molar refractivity (Wildman–Crippen MR) is 99.3 cm³/mol. The maximum atomic E-state index is 5.11. The summed E-state index contributed by atoms with van der Waals surface area (Å²) in [5, 5.41) is 8.70. The first kappa shape index (κ1) is 15.7. The number of anilines is 1. The zero-order valence-electron chi connectivity index (χ0n) is 15.1. The molecule has 24 heavy (non-hydrogen) atoms. The summed E-state index contributed by atoms with van der Waals surface area (Å²) in [5.74, 6) is 1.85. The minimum absolute atomic E-state index is 0.618. The highest BCUT2D eigenvalue weighted by molar-refractivity contribution is 5.59. The van der Waals surface area contributed by atoms with Crippen LogP contribution in [0, 0.1) is 13.8 Å². The second-order valence-corrected chi connectivity index (χ2v) is 7.23. The molecule has 0 atom stereocenters. The lowest BCUT2D eigenvalue weighted by Crippen LogP contribution is -2.33. The molecule has 0 bridgehead atoms. The summed E-state index contributed by atoms with van der Waals surface area (Å²) in [5.41, 5.74) is 6.69. The van der Waals surface area contributed by atoms with Crippen LogP contribution in [-0.2, 0) is 6.42 Å². The van der Waals surface area contributed by atoms with Crippen LogP contribution < -0.4 is 5.32 Å². The molecule has 1 fully saturated rings. The molecule has 0 saturated carbocycles. The van der Waals surface area contributed by atoms with E-state index in [2.05, 4.69) is 53.9 Å². The summed E-state index contributed by atoms with van der Waals surface area (Å²) in [7, 11) is 0. The van der Waals surface area contributed by atoms with Gasteiger partial charge in [-0.05, 0) is 69.9 Å². The molecular formula is C20H28N4. The summed E-state index contributed by atoms with van der Waals surface area (Å²) in [6.45, 7) is 11.3. The summed E-state index contributed by atoms with van der Waals surface area (Å²) in [6.07, 6.45) is 3.59. The molecule has 0 amide bonds. The molecule has 1 aromatic carbocycles. The maximum absolute atomic E-state index is 5.11. The summed E-state index contributed by atoms with van der Waals surface area (Å²) in [6, 6.07) is 6.51. The monoisotopic (exact) mass is 324 g/mol. The Morgan fingerprint density at radius 2 is 2.00 bits per heavy atom. The first-order valence-electron chi connectivity index (χ1n) is 9.33. The first-order valence-corrected chi connectivity index (χ1v) is 9.33. The van der Waals surface area contributed by atoms with E-state index < -0.39 is 0 Å². The van der Waals surface area contributed by atoms with Crippen LogP contribution in [0.1, 0.15) is 48.1 Å². The molecule has 3 heterocycles. The van der Waals surface area contributed by atoms with Gasteiger partial charge in [-0.15, -0.1) is 0 Å². The van der Waals surface area contributed by atoms with Crippen LogP contribution in [0.4, 0.5) is 5.82 Å². The van der Waals surface area contributed by atoms with Crippen molar-refractivity contribution in [2.45, 2.75) is 46.0 Å². The molecule has 2 aliphatic rings. The van der Waals surface area contributed by atoms with E-state index in [-0.39, 0.29) is 0 Å². The number of piperidine rings is 1. The van der Waals surface area contributed by atoms with Gasteiger partial charge < -0.3 is 10.2 Å². The lowest BCUT2D eigenvalue weighted by atomic mass is 9.91. The van der Waals surface area contributed by atoms with E-state index in [1.807, 2.05) is 0 Å². The fourth-order valence-corrected chi connectivity index (χ4v) is 4.19. The molecule has 0 aliphatic carbocycles. The van der Waals surface area contributed by atoms with Gasteiger partial charge in [0.05, 0.1) is 11.4 Å². The third kappa shape index (κ3) is 2.53. The summed E-state index contributed by atoms with van der Waals surface area (Å²) in [4.78, 5) is 2.55. The molecule has 0 radical (unpaired) electrons. The van der Waals surface area contributed by atoms with Crippen LogP contribution in [0.2, 0.25) is 0 Å².